The van der Waals surface area contributed by atoms with Crippen LogP contribution < -0.4 is 10.6 Å². The molecule has 4 aliphatic rings. The Hall–Kier alpha value is -2.02. The number of pyridine rings is 1. The molecule has 9 heteroatoms. The minimum atomic E-state index is -0.377. The molecule has 3 fully saturated rings. The molecule has 5 rings (SSSR count). The van der Waals surface area contributed by atoms with Crippen LogP contribution in [0.25, 0.3) is 0 Å². The second-order valence-electron chi connectivity index (χ2n) is 11.8. The summed E-state index contributed by atoms with van der Waals surface area (Å²) in [5, 5.41) is 17.5. The fourth-order valence-corrected chi connectivity index (χ4v) is 6.34. The molecule has 1 atom stereocenters. The quantitative estimate of drug-likeness (QED) is 0.523. The molecular weight excluding hydrogens is 500 g/mol. The van der Waals surface area contributed by atoms with Gasteiger partial charge in [-0.15, -0.1) is 0 Å². The van der Waals surface area contributed by atoms with Crippen molar-refractivity contribution in [2.24, 2.45) is 10.4 Å². The van der Waals surface area contributed by atoms with Gasteiger partial charge in [-0.25, -0.2) is 4.98 Å². The Kier molecular flexibility index (Phi) is 8.71. The standard InChI is InChI=1S/C29H41ClN6O2/c1-28(2)20-36(12-15-38-28)22-8-6-21(7-9-22)34-27-16-23(24(30)17-32-27)25-4-3-5-26(35-25)33-19-29(18-31)10-13-37-14-11-29/h3-4,16-17,21-22,26,33H,5-15,19-20H2,1-2H3,(H,32,34). The number of morpholine rings is 1. The number of aliphatic imine (C=N–C) groups is 1. The van der Waals surface area contributed by atoms with Gasteiger partial charge in [0, 0.05) is 63.1 Å². The molecule has 38 heavy (non-hydrogen) atoms. The van der Waals surface area contributed by atoms with Crippen LogP contribution in [0.1, 0.15) is 64.4 Å². The number of halogens is 1. The van der Waals surface area contributed by atoms with E-state index in [4.69, 9.17) is 26.1 Å². The Balaban J connectivity index is 1.18. The van der Waals surface area contributed by atoms with Crippen LogP contribution in [0, 0.1) is 16.7 Å². The fraction of sp³-hybridized carbons (Fsp3) is 0.690. The molecule has 0 radical (unpaired) electrons. The van der Waals surface area contributed by atoms with Crippen molar-refractivity contribution in [3.63, 3.8) is 0 Å². The number of nitrogens with one attached hydrogen (secondary N) is 2. The second kappa shape index (κ2) is 12.0. The largest absolute Gasteiger partial charge is 0.381 e. The van der Waals surface area contributed by atoms with Gasteiger partial charge in [0.25, 0.3) is 0 Å². The Labute approximate surface area is 231 Å². The number of aromatic nitrogens is 1. The maximum atomic E-state index is 9.77. The van der Waals surface area contributed by atoms with Gasteiger partial charge in [0.2, 0.25) is 0 Å². The topological polar surface area (TPSA) is 94.8 Å². The third kappa shape index (κ3) is 6.75. The average molecular weight is 541 g/mol. The van der Waals surface area contributed by atoms with Crippen LogP contribution in [0.4, 0.5) is 5.82 Å². The molecule has 3 aliphatic heterocycles. The molecule has 0 spiro atoms. The molecule has 0 aromatic carbocycles. The summed E-state index contributed by atoms with van der Waals surface area (Å²) in [6.45, 7) is 9.15. The average Bonchev–Trinajstić information content (AvgIpc) is 2.93. The van der Waals surface area contributed by atoms with Crippen molar-refractivity contribution in [2.45, 2.75) is 82.6 Å². The third-order valence-electron chi connectivity index (χ3n) is 8.44. The summed E-state index contributed by atoms with van der Waals surface area (Å²) >= 11 is 6.59. The smallest absolute Gasteiger partial charge is 0.126 e. The number of ether oxygens (including phenoxy) is 2. The van der Waals surface area contributed by atoms with E-state index in [1.807, 2.05) is 12.1 Å². The van der Waals surface area contributed by atoms with Gasteiger partial charge >= 0.3 is 0 Å². The van der Waals surface area contributed by atoms with Crippen molar-refractivity contribution in [2.75, 3.05) is 44.8 Å². The van der Waals surface area contributed by atoms with Crippen LogP contribution in [-0.2, 0) is 9.47 Å². The SMILES string of the molecule is CC1(C)CN(C2CCC(Nc3cc(C4=NC(NCC5(C#N)CCOCC5)CC=C4)c(Cl)cn3)CC2)CCO1. The first-order chi connectivity index (χ1) is 18.3. The number of dihydropyridines is 1. The van der Waals surface area contributed by atoms with Crippen molar-refractivity contribution in [1.29, 1.82) is 5.26 Å². The summed E-state index contributed by atoms with van der Waals surface area (Å²) < 4.78 is 11.4. The highest BCUT2D eigenvalue weighted by molar-refractivity contribution is 6.35. The normalized spacial score (nSPS) is 29.3. The number of nitrogens with zero attached hydrogens (tertiary/aromatic N) is 4. The number of hydrogen-bond acceptors (Lipinski definition) is 8. The van der Waals surface area contributed by atoms with Crippen molar-refractivity contribution in [3.05, 3.63) is 35.0 Å². The van der Waals surface area contributed by atoms with Crippen molar-refractivity contribution < 1.29 is 9.47 Å². The molecule has 0 bridgehead atoms. The Morgan fingerprint density at radius 1 is 1.18 bits per heavy atom. The first-order valence-electron chi connectivity index (χ1n) is 14.1. The molecule has 1 aromatic heterocycles. The zero-order valence-electron chi connectivity index (χ0n) is 22.7. The van der Waals surface area contributed by atoms with Gasteiger partial charge in [0.05, 0.1) is 34.4 Å². The highest BCUT2D eigenvalue weighted by Gasteiger charge is 2.34. The van der Waals surface area contributed by atoms with E-state index >= 15 is 0 Å². The molecule has 1 saturated carbocycles. The maximum absolute atomic E-state index is 9.77. The van der Waals surface area contributed by atoms with Crippen LogP contribution in [0.5, 0.6) is 0 Å². The number of anilines is 1. The summed E-state index contributed by atoms with van der Waals surface area (Å²) in [4.78, 5) is 12.1. The maximum Gasteiger partial charge on any atom is 0.126 e. The van der Waals surface area contributed by atoms with Crippen LogP contribution >= 0.6 is 11.6 Å². The van der Waals surface area contributed by atoms with E-state index in [0.29, 0.717) is 36.9 Å². The van der Waals surface area contributed by atoms with Crippen molar-refractivity contribution in [3.8, 4) is 6.07 Å². The monoisotopic (exact) mass is 540 g/mol. The van der Waals surface area contributed by atoms with E-state index in [0.717, 1.165) is 68.9 Å². The lowest BCUT2D eigenvalue weighted by Gasteiger charge is -2.44. The second-order valence-corrected chi connectivity index (χ2v) is 12.2. The van der Waals surface area contributed by atoms with E-state index in [-0.39, 0.29) is 17.2 Å². The minimum Gasteiger partial charge on any atom is -0.381 e. The number of rotatable bonds is 7. The molecule has 4 heterocycles. The van der Waals surface area contributed by atoms with Gasteiger partial charge in [-0.2, -0.15) is 5.26 Å². The first kappa shape index (κ1) is 27.5. The van der Waals surface area contributed by atoms with Crippen molar-refractivity contribution >= 4 is 23.1 Å². The van der Waals surface area contributed by atoms with Crippen molar-refractivity contribution in [1.82, 2.24) is 15.2 Å². The fourth-order valence-electron chi connectivity index (χ4n) is 6.14. The summed E-state index contributed by atoms with van der Waals surface area (Å²) in [6, 6.07) is 5.59. The number of nitriles is 1. The molecular formula is C29H41ClN6O2. The number of allylic oxidation sites excluding steroid dienone is 1. The summed E-state index contributed by atoms with van der Waals surface area (Å²) in [7, 11) is 0. The summed E-state index contributed by atoms with van der Waals surface area (Å²) in [6.07, 6.45) is 12.7. The van der Waals surface area contributed by atoms with E-state index in [1.54, 1.807) is 6.20 Å². The zero-order chi connectivity index (χ0) is 26.6. The highest BCUT2D eigenvalue weighted by Crippen LogP contribution is 2.31. The molecule has 1 unspecified atom stereocenters. The number of hydrogen-bond donors (Lipinski definition) is 2. The van der Waals surface area contributed by atoms with E-state index in [2.05, 4.69) is 46.5 Å². The molecule has 2 saturated heterocycles. The summed E-state index contributed by atoms with van der Waals surface area (Å²) in [5.74, 6) is 0.845. The van der Waals surface area contributed by atoms with Crippen LogP contribution in [0.3, 0.4) is 0 Å². The zero-order valence-corrected chi connectivity index (χ0v) is 23.5. The van der Waals surface area contributed by atoms with Gasteiger partial charge in [0.1, 0.15) is 12.0 Å². The van der Waals surface area contributed by atoms with Gasteiger partial charge in [0.15, 0.2) is 0 Å². The molecule has 206 valence electrons. The highest BCUT2D eigenvalue weighted by atomic mass is 35.5. The van der Waals surface area contributed by atoms with Crippen LogP contribution in [0.15, 0.2) is 29.4 Å². The van der Waals surface area contributed by atoms with E-state index < -0.39 is 0 Å². The minimum absolute atomic E-state index is 0.0518. The molecule has 8 nitrogen and oxygen atoms in total. The van der Waals surface area contributed by atoms with Crippen LogP contribution in [0.2, 0.25) is 5.02 Å². The molecule has 0 amide bonds. The van der Waals surface area contributed by atoms with E-state index in [1.165, 1.54) is 12.8 Å². The summed E-state index contributed by atoms with van der Waals surface area (Å²) in [5.41, 5.74) is 1.30. The van der Waals surface area contributed by atoms with Gasteiger partial charge < -0.3 is 14.8 Å². The van der Waals surface area contributed by atoms with Gasteiger partial charge in [-0.1, -0.05) is 17.7 Å². The Morgan fingerprint density at radius 3 is 2.71 bits per heavy atom. The third-order valence-corrected chi connectivity index (χ3v) is 8.75. The van der Waals surface area contributed by atoms with E-state index in [9.17, 15) is 5.26 Å². The lowest BCUT2D eigenvalue weighted by molar-refractivity contribution is -0.100. The Morgan fingerprint density at radius 2 is 1.97 bits per heavy atom. The lowest BCUT2D eigenvalue weighted by atomic mass is 9.81. The Bertz CT molecular complexity index is 1070. The molecule has 1 aliphatic carbocycles. The lowest BCUT2D eigenvalue weighted by Crippen LogP contribution is -2.53. The molecule has 1 aromatic rings. The van der Waals surface area contributed by atoms with Gasteiger partial charge in [-0.05, 0) is 64.5 Å². The van der Waals surface area contributed by atoms with Crippen LogP contribution in [-0.4, -0.2) is 78.9 Å². The molecule has 2 N–H and O–H groups in total. The first-order valence-corrected chi connectivity index (χ1v) is 14.5. The predicted octanol–water partition coefficient (Wildman–Crippen LogP) is 4.55. The predicted molar refractivity (Wildman–Crippen MR) is 151 cm³/mol. The van der Waals surface area contributed by atoms with Gasteiger partial charge in [-0.3, -0.25) is 15.2 Å².